The van der Waals surface area contributed by atoms with Crippen molar-refractivity contribution in [2.24, 2.45) is 17.3 Å². The predicted octanol–water partition coefficient (Wildman–Crippen LogP) is 5.43. The molecule has 1 aliphatic carbocycles. The van der Waals surface area contributed by atoms with E-state index in [-0.39, 0.29) is 23.3 Å². The quantitative estimate of drug-likeness (QED) is 0.313. The second kappa shape index (κ2) is 10.2. The SMILES string of the molecule is COc1cc2nccc(Oc3ccc(NC(=O)[C@H]4[C@@H](C(=O)Nc5cccnc5)C4(C)C)cc3F)c2cc1OC. The molecule has 2 atom stereocenters. The molecular weight excluding hydrogens is 503 g/mol. The van der Waals surface area contributed by atoms with Crippen LogP contribution in [0.3, 0.4) is 0 Å². The summed E-state index contributed by atoms with van der Waals surface area (Å²) in [6, 6.07) is 12.6. The fraction of sp³-hybridized carbons (Fsp3) is 0.241. The lowest BCUT2D eigenvalue weighted by Gasteiger charge is -2.13. The number of halogens is 1. The largest absolute Gasteiger partial charge is 0.493 e. The number of pyridine rings is 2. The first-order valence-electron chi connectivity index (χ1n) is 12.2. The molecule has 1 saturated carbocycles. The van der Waals surface area contributed by atoms with Crippen LogP contribution >= 0.6 is 0 Å². The third kappa shape index (κ3) is 5.05. The number of hydrogen-bond donors (Lipinski definition) is 2. The maximum Gasteiger partial charge on any atom is 0.228 e. The molecule has 0 spiro atoms. The van der Waals surface area contributed by atoms with Gasteiger partial charge in [-0.15, -0.1) is 0 Å². The molecule has 2 heterocycles. The summed E-state index contributed by atoms with van der Waals surface area (Å²) in [5.74, 6) is -1.05. The van der Waals surface area contributed by atoms with Crippen LogP contribution in [0.4, 0.5) is 15.8 Å². The summed E-state index contributed by atoms with van der Waals surface area (Å²) in [6.45, 7) is 3.71. The van der Waals surface area contributed by atoms with E-state index in [1.807, 2.05) is 13.8 Å². The number of methoxy groups -OCH3 is 2. The molecule has 4 aromatic rings. The van der Waals surface area contributed by atoms with Crippen molar-refractivity contribution in [1.82, 2.24) is 9.97 Å². The summed E-state index contributed by atoms with van der Waals surface area (Å²) in [5.41, 5.74) is 0.847. The van der Waals surface area contributed by atoms with Gasteiger partial charge in [-0.3, -0.25) is 19.6 Å². The van der Waals surface area contributed by atoms with Gasteiger partial charge in [-0.1, -0.05) is 13.8 Å². The molecule has 0 unspecified atom stereocenters. The number of benzene rings is 2. The molecule has 1 aliphatic rings. The van der Waals surface area contributed by atoms with Crippen molar-refractivity contribution in [3.8, 4) is 23.0 Å². The summed E-state index contributed by atoms with van der Waals surface area (Å²) in [6.07, 6.45) is 4.70. The van der Waals surface area contributed by atoms with Gasteiger partial charge in [0.2, 0.25) is 11.8 Å². The van der Waals surface area contributed by atoms with Gasteiger partial charge in [0.25, 0.3) is 0 Å². The fourth-order valence-electron chi connectivity index (χ4n) is 4.81. The highest BCUT2D eigenvalue weighted by atomic mass is 19.1. The fourth-order valence-corrected chi connectivity index (χ4v) is 4.81. The van der Waals surface area contributed by atoms with Crippen molar-refractivity contribution in [2.45, 2.75) is 13.8 Å². The first-order chi connectivity index (χ1) is 18.7. The number of rotatable bonds is 8. The van der Waals surface area contributed by atoms with E-state index < -0.39 is 23.1 Å². The van der Waals surface area contributed by atoms with Gasteiger partial charge in [-0.25, -0.2) is 4.39 Å². The van der Waals surface area contributed by atoms with Crippen molar-refractivity contribution in [2.75, 3.05) is 24.9 Å². The van der Waals surface area contributed by atoms with E-state index in [2.05, 4.69) is 20.6 Å². The lowest BCUT2D eigenvalue weighted by molar-refractivity contribution is -0.122. The van der Waals surface area contributed by atoms with E-state index in [0.29, 0.717) is 33.8 Å². The average molecular weight is 531 g/mol. The molecule has 1 fully saturated rings. The second-order valence-electron chi connectivity index (χ2n) is 9.78. The first kappa shape index (κ1) is 25.9. The molecular formula is C29H27FN4O5. The summed E-state index contributed by atoms with van der Waals surface area (Å²) < 4.78 is 31.6. The molecule has 0 aliphatic heterocycles. The van der Waals surface area contributed by atoms with Crippen molar-refractivity contribution >= 4 is 34.1 Å². The molecule has 9 nitrogen and oxygen atoms in total. The van der Waals surface area contributed by atoms with E-state index in [1.54, 1.807) is 48.8 Å². The number of anilines is 2. The Balaban J connectivity index is 1.29. The summed E-state index contributed by atoms with van der Waals surface area (Å²) in [5, 5.41) is 6.14. The van der Waals surface area contributed by atoms with Crippen molar-refractivity contribution in [3.05, 3.63) is 72.9 Å². The summed E-state index contributed by atoms with van der Waals surface area (Å²) in [4.78, 5) is 34.1. The maximum absolute atomic E-state index is 15.1. The van der Waals surface area contributed by atoms with Crippen LogP contribution in [-0.4, -0.2) is 36.0 Å². The van der Waals surface area contributed by atoms with Crippen molar-refractivity contribution < 1.29 is 28.2 Å². The standard InChI is InChI=1S/C29H27FN4O5/c1-29(2)25(26(29)28(36)34-17-6-5-10-31-15-17)27(35)33-16-7-8-22(19(30)12-16)39-21-9-11-32-20-14-24(38-4)23(37-3)13-18(20)21/h5-15,25-26H,1-4H3,(H,33,35)(H,34,36)/t25-,26+/m1/s1. The van der Waals surface area contributed by atoms with Crippen LogP contribution in [0.5, 0.6) is 23.0 Å². The van der Waals surface area contributed by atoms with E-state index in [9.17, 15) is 9.59 Å². The van der Waals surface area contributed by atoms with Gasteiger partial charge >= 0.3 is 0 Å². The van der Waals surface area contributed by atoms with E-state index in [1.165, 1.54) is 32.5 Å². The Morgan fingerprint density at radius 3 is 2.18 bits per heavy atom. The second-order valence-corrected chi connectivity index (χ2v) is 9.78. The zero-order valence-corrected chi connectivity index (χ0v) is 21.8. The Labute approximate surface area is 224 Å². The number of ether oxygens (including phenoxy) is 3. The van der Waals surface area contributed by atoms with Gasteiger partial charge in [0, 0.05) is 35.6 Å². The zero-order valence-electron chi connectivity index (χ0n) is 21.8. The maximum atomic E-state index is 15.1. The number of nitrogens with zero attached hydrogens (tertiary/aromatic N) is 2. The van der Waals surface area contributed by atoms with Gasteiger partial charge in [-0.2, -0.15) is 0 Å². The van der Waals surface area contributed by atoms with Gasteiger partial charge in [0.15, 0.2) is 23.1 Å². The molecule has 0 radical (unpaired) electrons. The van der Waals surface area contributed by atoms with Crippen LogP contribution in [0.25, 0.3) is 10.9 Å². The summed E-state index contributed by atoms with van der Waals surface area (Å²) >= 11 is 0. The van der Waals surface area contributed by atoms with E-state index in [0.717, 1.165) is 0 Å². The number of hydrogen-bond acceptors (Lipinski definition) is 7. The molecule has 2 aromatic carbocycles. The molecule has 10 heteroatoms. The monoisotopic (exact) mass is 530 g/mol. The Morgan fingerprint density at radius 2 is 1.54 bits per heavy atom. The smallest absolute Gasteiger partial charge is 0.228 e. The Kier molecular flexibility index (Phi) is 6.78. The third-order valence-electron chi connectivity index (χ3n) is 6.95. The highest BCUT2D eigenvalue weighted by Crippen LogP contribution is 2.59. The van der Waals surface area contributed by atoms with Crippen LogP contribution in [0.1, 0.15) is 13.8 Å². The number of aromatic nitrogens is 2. The highest BCUT2D eigenvalue weighted by Gasteiger charge is 2.65. The van der Waals surface area contributed by atoms with Crippen molar-refractivity contribution in [3.63, 3.8) is 0 Å². The van der Waals surface area contributed by atoms with Crippen LogP contribution in [0.2, 0.25) is 0 Å². The topological polar surface area (TPSA) is 112 Å². The summed E-state index contributed by atoms with van der Waals surface area (Å²) in [7, 11) is 3.05. The molecule has 39 heavy (non-hydrogen) atoms. The normalized spacial score (nSPS) is 17.3. The van der Waals surface area contributed by atoms with Crippen molar-refractivity contribution in [1.29, 1.82) is 0 Å². The zero-order chi connectivity index (χ0) is 27.7. The van der Waals surface area contributed by atoms with Crippen LogP contribution in [0, 0.1) is 23.1 Å². The first-order valence-corrected chi connectivity index (χ1v) is 12.2. The molecule has 2 amide bonds. The minimum absolute atomic E-state index is 0.0317. The Morgan fingerprint density at radius 1 is 0.846 bits per heavy atom. The van der Waals surface area contributed by atoms with E-state index in [4.69, 9.17) is 14.2 Å². The lowest BCUT2D eigenvalue weighted by atomic mass is 10.1. The molecule has 0 saturated heterocycles. The average Bonchev–Trinajstić information content (AvgIpc) is 3.52. The number of carbonyl (C=O) groups is 2. The Bertz CT molecular complexity index is 1560. The predicted molar refractivity (Wildman–Crippen MR) is 144 cm³/mol. The molecule has 2 N–H and O–H groups in total. The van der Waals surface area contributed by atoms with Crippen LogP contribution in [-0.2, 0) is 9.59 Å². The molecule has 0 bridgehead atoms. The van der Waals surface area contributed by atoms with E-state index >= 15 is 4.39 Å². The molecule has 2 aromatic heterocycles. The number of carbonyl (C=O) groups excluding carboxylic acids is 2. The lowest BCUT2D eigenvalue weighted by Crippen LogP contribution is -2.20. The van der Waals surface area contributed by atoms with Gasteiger partial charge in [0.1, 0.15) is 5.75 Å². The van der Waals surface area contributed by atoms with Gasteiger partial charge < -0.3 is 24.8 Å². The third-order valence-corrected chi connectivity index (χ3v) is 6.95. The highest BCUT2D eigenvalue weighted by molar-refractivity contribution is 6.04. The number of amides is 2. The Hall–Kier alpha value is -4.73. The number of nitrogens with one attached hydrogen (secondary N) is 2. The minimum atomic E-state index is -0.667. The van der Waals surface area contributed by atoms with Gasteiger partial charge in [0.05, 0.1) is 43.5 Å². The minimum Gasteiger partial charge on any atom is -0.493 e. The molecule has 200 valence electrons. The number of fused-ring (bicyclic) bond motifs is 1. The molecule has 5 rings (SSSR count). The van der Waals surface area contributed by atoms with Gasteiger partial charge in [-0.05, 0) is 41.8 Å². The van der Waals surface area contributed by atoms with Crippen LogP contribution < -0.4 is 24.8 Å². The van der Waals surface area contributed by atoms with Crippen LogP contribution in [0.15, 0.2) is 67.1 Å².